The van der Waals surface area contributed by atoms with Crippen molar-refractivity contribution in [2.24, 2.45) is 0 Å². The Morgan fingerprint density at radius 1 is 1.33 bits per heavy atom. The van der Waals surface area contributed by atoms with Crippen LogP contribution in [0.4, 0.5) is 19.1 Å². The van der Waals surface area contributed by atoms with E-state index in [1.165, 1.54) is 9.80 Å². The Morgan fingerprint density at radius 3 is 2.46 bits per heavy atom. The molecule has 1 aromatic heterocycles. The summed E-state index contributed by atoms with van der Waals surface area (Å²) in [6.45, 7) is 1.01. The highest BCUT2D eigenvalue weighted by Gasteiger charge is 2.33. The molecule has 0 radical (unpaired) electrons. The third-order valence-electron chi connectivity index (χ3n) is 3.82. The minimum absolute atomic E-state index is 0.128. The Morgan fingerprint density at radius 2 is 1.96 bits per heavy atom. The van der Waals surface area contributed by atoms with E-state index >= 15 is 0 Å². The van der Waals surface area contributed by atoms with Crippen LogP contribution in [0.3, 0.4) is 0 Å². The van der Waals surface area contributed by atoms with Crippen LogP contribution < -0.4 is 4.90 Å². The molecule has 1 fully saturated rings. The fraction of sp³-hybridized carbons (Fsp3) is 0.571. The largest absolute Gasteiger partial charge is 0.419 e. The molecule has 0 bridgehead atoms. The highest BCUT2D eigenvalue weighted by molar-refractivity contribution is 5.76. The van der Waals surface area contributed by atoms with Crippen LogP contribution in [0.5, 0.6) is 0 Å². The van der Waals surface area contributed by atoms with Crippen molar-refractivity contribution in [2.75, 3.05) is 38.6 Å². The van der Waals surface area contributed by atoms with Crippen molar-refractivity contribution in [1.82, 2.24) is 19.8 Å². The van der Waals surface area contributed by atoms with Crippen molar-refractivity contribution >= 4 is 18.3 Å². The molecule has 1 saturated heterocycles. The van der Waals surface area contributed by atoms with Gasteiger partial charge in [0.15, 0.2) is 0 Å². The summed E-state index contributed by atoms with van der Waals surface area (Å²) >= 11 is 0. The molecule has 0 saturated carbocycles. The first kappa shape index (κ1) is 18.0. The Balaban J connectivity index is 2.11. The summed E-state index contributed by atoms with van der Waals surface area (Å²) in [5, 5.41) is 0. The quantitative estimate of drug-likeness (QED) is 0.749. The standard InChI is InChI=1S/C14H18F3N5O2/c1-20(2)12(24)5-11-8-21(3-4-22(11)9-23)13-18-6-10(7-19-13)14(15,16)17/h6-7,9,11H,3-5,8H2,1-2H3. The van der Waals surface area contributed by atoms with E-state index in [4.69, 9.17) is 0 Å². The van der Waals surface area contributed by atoms with Gasteiger partial charge in [-0.15, -0.1) is 0 Å². The van der Waals surface area contributed by atoms with Gasteiger partial charge in [-0.05, 0) is 0 Å². The summed E-state index contributed by atoms with van der Waals surface area (Å²) in [4.78, 5) is 35.2. The van der Waals surface area contributed by atoms with Gasteiger partial charge in [-0.25, -0.2) is 9.97 Å². The number of halogens is 3. The number of hydrogen-bond donors (Lipinski definition) is 0. The molecule has 132 valence electrons. The zero-order valence-electron chi connectivity index (χ0n) is 13.3. The topological polar surface area (TPSA) is 69.6 Å². The van der Waals surface area contributed by atoms with E-state index < -0.39 is 11.7 Å². The molecule has 1 atom stereocenters. The van der Waals surface area contributed by atoms with Gasteiger partial charge in [-0.1, -0.05) is 0 Å². The lowest BCUT2D eigenvalue weighted by atomic mass is 10.1. The number of rotatable bonds is 4. The second kappa shape index (κ2) is 7.02. The van der Waals surface area contributed by atoms with Crippen LogP contribution in [0.15, 0.2) is 12.4 Å². The van der Waals surface area contributed by atoms with Crippen molar-refractivity contribution in [3.8, 4) is 0 Å². The third kappa shape index (κ3) is 4.12. The van der Waals surface area contributed by atoms with E-state index in [2.05, 4.69) is 9.97 Å². The fourth-order valence-electron chi connectivity index (χ4n) is 2.39. The molecule has 0 aliphatic carbocycles. The molecule has 0 N–H and O–H groups in total. The predicted octanol–water partition coefficient (Wildman–Crippen LogP) is 0.621. The number of amides is 2. The molecule has 0 spiro atoms. The van der Waals surface area contributed by atoms with Crippen molar-refractivity contribution < 1.29 is 22.8 Å². The van der Waals surface area contributed by atoms with Gasteiger partial charge >= 0.3 is 6.18 Å². The number of piperazine rings is 1. The van der Waals surface area contributed by atoms with Gasteiger partial charge in [0.25, 0.3) is 0 Å². The molecule has 10 heteroatoms. The summed E-state index contributed by atoms with van der Waals surface area (Å²) in [5.74, 6) is 0.0119. The van der Waals surface area contributed by atoms with Crippen LogP contribution in [0.25, 0.3) is 0 Å². The molecule has 2 amide bonds. The van der Waals surface area contributed by atoms with E-state index in [0.29, 0.717) is 19.5 Å². The molecular weight excluding hydrogens is 327 g/mol. The van der Waals surface area contributed by atoms with E-state index in [1.807, 2.05) is 0 Å². The summed E-state index contributed by atoms with van der Waals surface area (Å²) in [6.07, 6.45) is -2.22. The van der Waals surface area contributed by atoms with Gasteiger partial charge in [0.2, 0.25) is 18.3 Å². The lowest BCUT2D eigenvalue weighted by Crippen LogP contribution is -2.54. The van der Waals surface area contributed by atoms with Gasteiger partial charge in [-0.3, -0.25) is 9.59 Å². The van der Waals surface area contributed by atoms with E-state index in [1.54, 1.807) is 19.0 Å². The average molecular weight is 345 g/mol. The van der Waals surface area contributed by atoms with Crippen molar-refractivity contribution in [3.63, 3.8) is 0 Å². The second-order valence-electron chi connectivity index (χ2n) is 5.70. The second-order valence-corrected chi connectivity index (χ2v) is 5.70. The molecular formula is C14H18F3N5O2. The molecule has 1 unspecified atom stereocenters. The van der Waals surface area contributed by atoms with Gasteiger partial charge < -0.3 is 14.7 Å². The lowest BCUT2D eigenvalue weighted by Gasteiger charge is -2.39. The minimum Gasteiger partial charge on any atom is -0.349 e. The van der Waals surface area contributed by atoms with Crippen LogP contribution in [0.2, 0.25) is 0 Å². The van der Waals surface area contributed by atoms with Crippen LogP contribution in [0.1, 0.15) is 12.0 Å². The van der Waals surface area contributed by atoms with Crippen molar-refractivity contribution in [1.29, 1.82) is 0 Å². The van der Waals surface area contributed by atoms with Crippen molar-refractivity contribution in [2.45, 2.75) is 18.6 Å². The van der Waals surface area contributed by atoms with E-state index in [9.17, 15) is 22.8 Å². The zero-order chi connectivity index (χ0) is 17.9. The molecule has 2 heterocycles. The number of aromatic nitrogens is 2. The number of alkyl halides is 3. The van der Waals surface area contributed by atoms with Crippen LogP contribution in [-0.2, 0) is 15.8 Å². The van der Waals surface area contributed by atoms with Gasteiger partial charge in [0, 0.05) is 52.5 Å². The maximum absolute atomic E-state index is 12.6. The number of hydrogen-bond acceptors (Lipinski definition) is 5. The molecule has 7 nitrogen and oxygen atoms in total. The summed E-state index contributed by atoms with van der Waals surface area (Å²) in [5.41, 5.74) is -0.919. The molecule has 24 heavy (non-hydrogen) atoms. The molecule has 1 aliphatic heterocycles. The van der Waals surface area contributed by atoms with Crippen LogP contribution >= 0.6 is 0 Å². The smallest absolute Gasteiger partial charge is 0.349 e. The number of nitrogens with zero attached hydrogens (tertiary/aromatic N) is 5. The van der Waals surface area contributed by atoms with E-state index in [0.717, 1.165) is 12.4 Å². The third-order valence-corrected chi connectivity index (χ3v) is 3.82. The van der Waals surface area contributed by atoms with E-state index in [-0.39, 0.29) is 30.9 Å². The predicted molar refractivity (Wildman–Crippen MR) is 79.1 cm³/mol. The van der Waals surface area contributed by atoms with Gasteiger partial charge in [0.05, 0.1) is 11.6 Å². The minimum atomic E-state index is -4.49. The average Bonchev–Trinajstić information content (AvgIpc) is 2.54. The molecule has 0 aromatic carbocycles. The number of carbonyl (C=O) groups is 2. The molecule has 2 rings (SSSR count). The lowest BCUT2D eigenvalue weighted by molar-refractivity contribution is -0.138. The number of anilines is 1. The normalized spacial score (nSPS) is 18.5. The highest BCUT2D eigenvalue weighted by Crippen LogP contribution is 2.28. The Hall–Kier alpha value is -2.39. The Kier molecular flexibility index (Phi) is 5.25. The highest BCUT2D eigenvalue weighted by atomic mass is 19.4. The van der Waals surface area contributed by atoms with Crippen molar-refractivity contribution in [3.05, 3.63) is 18.0 Å². The fourth-order valence-corrected chi connectivity index (χ4v) is 2.39. The monoisotopic (exact) mass is 345 g/mol. The Labute approximate surface area is 137 Å². The summed E-state index contributed by atoms with van der Waals surface area (Å²) < 4.78 is 37.7. The number of carbonyl (C=O) groups excluding carboxylic acids is 2. The zero-order valence-corrected chi connectivity index (χ0v) is 13.3. The van der Waals surface area contributed by atoms with Crippen LogP contribution in [0, 0.1) is 0 Å². The van der Waals surface area contributed by atoms with Gasteiger partial charge in [-0.2, -0.15) is 13.2 Å². The first-order chi connectivity index (χ1) is 11.2. The molecule has 1 aromatic rings. The maximum Gasteiger partial charge on any atom is 0.419 e. The summed E-state index contributed by atoms with van der Waals surface area (Å²) in [6, 6.07) is -0.378. The first-order valence-corrected chi connectivity index (χ1v) is 7.27. The summed E-state index contributed by atoms with van der Waals surface area (Å²) in [7, 11) is 3.24. The van der Waals surface area contributed by atoms with Gasteiger partial charge in [0.1, 0.15) is 0 Å². The molecule has 1 aliphatic rings. The SMILES string of the molecule is CN(C)C(=O)CC1CN(c2ncc(C(F)(F)F)cn2)CCN1C=O. The maximum atomic E-state index is 12.6. The first-order valence-electron chi connectivity index (χ1n) is 7.27. The Bertz CT molecular complexity index is 591. The van der Waals surface area contributed by atoms with Crippen LogP contribution in [-0.4, -0.2) is 71.9 Å².